The number of halogens is 1. The van der Waals surface area contributed by atoms with Gasteiger partial charge in [0.05, 0.1) is 31.1 Å². The zero-order chi connectivity index (χ0) is 22.4. The van der Waals surface area contributed by atoms with Gasteiger partial charge >= 0.3 is 5.97 Å². The highest BCUT2D eigenvalue weighted by Gasteiger charge is 2.30. The fourth-order valence-electron chi connectivity index (χ4n) is 3.19. The van der Waals surface area contributed by atoms with Crippen molar-refractivity contribution in [1.82, 2.24) is 0 Å². The first-order valence-electron chi connectivity index (χ1n) is 10.2. The van der Waals surface area contributed by atoms with Gasteiger partial charge in [-0.05, 0) is 63.2 Å². The lowest BCUT2D eigenvalue weighted by atomic mass is 10.1. The molecule has 1 fully saturated rings. The lowest BCUT2D eigenvalue weighted by Gasteiger charge is -2.30. The first kappa shape index (κ1) is 23.1. The van der Waals surface area contributed by atoms with Crippen LogP contribution in [0.4, 0.5) is 11.4 Å². The number of esters is 1. The minimum absolute atomic E-state index is 0.270. The Hall–Kier alpha value is -2.58. The van der Waals surface area contributed by atoms with Crippen molar-refractivity contribution in [3.05, 3.63) is 52.5 Å². The van der Waals surface area contributed by atoms with Gasteiger partial charge in [0.1, 0.15) is 5.75 Å². The summed E-state index contributed by atoms with van der Waals surface area (Å²) in [6.07, 6.45) is 0. The van der Waals surface area contributed by atoms with Crippen LogP contribution in [0.3, 0.4) is 0 Å². The van der Waals surface area contributed by atoms with Crippen LogP contribution in [0.15, 0.2) is 46.9 Å². The molecule has 8 heteroatoms. The average Bonchev–Trinajstić information content (AvgIpc) is 2.76. The van der Waals surface area contributed by atoms with Gasteiger partial charge in [0, 0.05) is 23.2 Å². The minimum atomic E-state index is -1.12. The highest BCUT2D eigenvalue weighted by atomic mass is 79.9. The number of nitrogens with zero attached hydrogens (tertiary/aromatic N) is 1. The summed E-state index contributed by atoms with van der Waals surface area (Å²) in [7, 11) is 0. The average molecular weight is 491 g/mol. The second-order valence-corrected chi connectivity index (χ2v) is 8.49. The zero-order valence-electron chi connectivity index (χ0n) is 17.9. The molecule has 0 atom stereocenters. The van der Waals surface area contributed by atoms with Crippen LogP contribution in [-0.2, 0) is 14.3 Å². The van der Waals surface area contributed by atoms with Crippen molar-refractivity contribution in [2.75, 3.05) is 43.1 Å². The third-order valence-electron chi connectivity index (χ3n) is 4.84. The molecular formula is C23H27BrN2O5. The predicted octanol–water partition coefficient (Wildman–Crippen LogP) is 4.26. The maximum Gasteiger partial charge on any atom is 0.340 e. The van der Waals surface area contributed by atoms with Gasteiger partial charge in [0.25, 0.3) is 5.91 Å². The number of nitrogens with one attached hydrogen (secondary N) is 1. The van der Waals surface area contributed by atoms with Crippen LogP contribution >= 0.6 is 15.9 Å². The van der Waals surface area contributed by atoms with Crippen molar-refractivity contribution < 1.29 is 23.8 Å². The summed E-state index contributed by atoms with van der Waals surface area (Å²) in [5, 5.41) is 2.86. The molecule has 1 N–H and O–H groups in total. The zero-order valence-corrected chi connectivity index (χ0v) is 19.5. The molecule has 31 heavy (non-hydrogen) atoms. The van der Waals surface area contributed by atoms with Crippen molar-refractivity contribution in [3.8, 4) is 5.75 Å². The lowest BCUT2D eigenvalue weighted by molar-refractivity contribution is -0.128. The van der Waals surface area contributed by atoms with Gasteiger partial charge in [-0.15, -0.1) is 0 Å². The smallest absolute Gasteiger partial charge is 0.340 e. The van der Waals surface area contributed by atoms with E-state index in [-0.39, 0.29) is 12.5 Å². The Labute approximate surface area is 190 Å². The summed E-state index contributed by atoms with van der Waals surface area (Å²) in [4.78, 5) is 27.6. The van der Waals surface area contributed by atoms with Crippen molar-refractivity contribution in [3.63, 3.8) is 0 Å². The molecule has 0 saturated carbocycles. The maximum atomic E-state index is 12.9. The first-order chi connectivity index (χ1) is 14.8. The quantitative estimate of drug-likeness (QED) is 0.584. The third-order valence-corrected chi connectivity index (χ3v) is 5.36. The van der Waals surface area contributed by atoms with E-state index in [9.17, 15) is 9.59 Å². The van der Waals surface area contributed by atoms with Gasteiger partial charge in [-0.25, -0.2) is 4.79 Å². The molecular weight excluding hydrogens is 464 g/mol. The fourth-order valence-corrected chi connectivity index (χ4v) is 3.46. The SMILES string of the molecule is CCOC(=O)c1cc(NC(=O)C(C)(C)Oc2ccc(Br)cc2)ccc1N1CCOCC1. The molecule has 2 aromatic rings. The van der Waals surface area contributed by atoms with Crippen molar-refractivity contribution in [2.24, 2.45) is 0 Å². The molecule has 0 radical (unpaired) electrons. The molecule has 1 aliphatic rings. The summed E-state index contributed by atoms with van der Waals surface area (Å²) < 4.78 is 17.4. The summed E-state index contributed by atoms with van der Waals surface area (Å²) >= 11 is 3.38. The van der Waals surface area contributed by atoms with E-state index in [2.05, 4.69) is 26.1 Å². The second-order valence-electron chi connectivity index (χ2n) is 7.57. The largest absolute Gasteiger partial charge is 0.478 e. The molecule has 1 amide bonds. The second kappa shape index (κ2) is 10.2. The van der Waals surface area contributed by atoms with Gasteiger partial charge in [0.2, 0.25) is 0 Å². The molecule has 1 saturated heterocycles. The highest BCUT2D eigenvalue weighted by molar-refractivity contribution is 9.10. The number of amides is 1. The molecule has 166 valence electrons. The van der Waals surface area contributed by atoms with Gasteiger partial charge < -0.3 is 24.4 Å². The number of hydrogen-bond donors (Lipinski definition) is 1. The predicted molar refractivity (Wildman–Crippen MR) is 123 cm³/mol. The summed E-state index contributed by atoms with van der Waals surface area (Å²) in [6, 6.07) is 12.5. The van der Waals surface area contributed by atoms with Gasteiger partial charge in [0.15, 0.2) is 5.60 Å². The summed E-state index contributed by atoms with van der Waals surface area (Å²) in [5.41, 5.74) is 0.553. The lowest BCUT2D eigenvalue weighted by Crippen LogP contribution is -2.42. The van der Waals surface area contributed by atoms with E-state index in [0.717, 1.165) is 10.2 Å². The van der Waals surface area contributed by atoms with Crippen molar-refractivity contribution in [2.45, 2.75) is 26.4 Å². The molecule has 1 aliphatic heterocycles. The van der Waals surface area contributed by atoms with E-state index >= 15 is 0 Å². The maximum absolute atomic E-state index is 12.9. The summed E-state index contributed by atoms with van der Waals surface area (Å²) in [5.74, 6) is -0.173. The van der Waals surface area contributed by atoms with Crippen LogP contribution in [0, 0.1) is 0 Å². The molecule has 7 nitrogen and oxygen atoms in total. The Morgan fingerprint density at radius 2 is 1.81 bits per heavy atom. The Kier molecular flexibility index (Phi) is 7.56. The monoisotopic (exact) mass is 490 g/mol. The Morgan fingerprint density at radius 1 is 1.13 bits per heavy atom. The number of carbonyl (C=O) groups excluding carboxylic acids is 2. The van der Waals surface area contributed by atoms with Crippen LogP contribution in [0.1, 0.15) is 31.1 Å². The standard InChI is InChI=1S/C23H27BrN2O5/c1-4-30-21(27)19-15-17(7-10-20(19)26-11-13-29-14-12-26)25-22(28)23(2,3)31-18-8-5-16(24)6-9-18/h5-10,15H,4,11-14H2,1-3H3,(H,25,28). The van der Waals surface area contributed by atoms with E-state index in [0.29, 0.717) is 43.3 Å². The Morgan fingerprint density at radius 3 is 2.45 bits per heavy atom. The molecule has 3 rings (SSSR count). The van der Waals surface area contributed by atoms with Crippen molar-refractivity contribution >= 4 is 39.2 Å². The van der Waals surface area contributed by atoms with Gasteiger partial charge in [-0.2, -0.15) is 0 Å². The Balaban J connectivity index is 1.79. The van der Waals surface area contributed by atoms with Crippen LogP contribution < -0.4 is 15.0 Å². The molecule has 0 spiro atoms. The number of hydrogen-bond acceptors (Lipinski definition) is 6. The van der Waals surface area contributed by atoms with E-state index in [1.54, 1.807) is 45.0 Å². The van der Waals surface area contributed by atoms with Gasteiger partial charge in [-0.1, -0.05) is 15.9 Å². The number of benzene rings is 2. The van der Waals surface area contributed by atoms with Crippen LogP contribution in [0.2, 0.25) is 0 Å². The van der Waals surface area contributed by atoms with Crippen LogP contribution in [-0.4, -0.2) is 50.4 Å². The normalized spacial score (nSPS) is 14.1. The minimum Gasteiger partial charge on any atom is -0.478 e. The van der Waals surface area contributed by atoms with E-state index in [1.165, 1.54) is 0 Å². The molecule has 0 aliphatic carbocycles. The first-order valence-corrected chi connectivity index (χ1v) is 11.0. The fraction of sp³-hybridized carbons (Fsp3) is 0.391. The number of carbonyl (C=O) groups is 2. The topological polar surface area (TPSA) is 77.1 Å². The van der Waals surface area contributed by atoms with Gasteiger partial charge in [-0.3, -0.25) is 4.79 Å². The summed E-state index contributed by atoms with van der Waals surface area (Å²) in [6.45, 7) is 7.99. The number of anilines is 2. The van der Waals surface area contributed by atoms with E-state index < -0.39 is 11.6 Å². The van der Waals surface area contributed by atoms with Crippen LogP contribution in [0.25, 0.3) is 0 Å². The molecule has 1 heterocycles. The van der Waals surface area contributed by atoms with E-state index in [1.807, 2.05) is 18.2 Å². The number of morpholine rings is 1. The molecule has 0 aromatic heterocycles. The number of ether oxygens (including phenoxy) is 3. The number of rotatable bonds is 7. The highest BCUT2D eigenvalue weighted by Crippen LogP contribution is 2.28. The third kappa shape index (κ3) is 5.98. The van der Waals surface area contributed by atoms with E-state index in [4.69, 9.17) is 14.2 Å². The Bertz CT molecular complexity index is 924. The molecule has 0 unspecified atom stereocenters. The van der Waals surface area contributed by atoms with Crippen molar-refractivity contribution in [1.29, 1.82) is 0 Å². The van der Waals surface area contributed by atoms with Crippen LogP contribution in [0.5, 0.6) is 5.75 Å². The molecule has 0 bridgehead atoms. The molecule has 2 aromatic carbocycles.